The zero-order chi connectivity index (χ0) is 24.4. The highest BCUT2D eigenvalue weighted by Gasteiger charge is 2.65. The first-order valence-electron chi connectivity index (χ1n) is 14.0. The highest BCUT2D eigenvalue weighted by atomic mass is 16.5. The van der Waals surface area contributed by atoms with Crippen molar-refractivity contribution in [3.05, 3.63) is 11.6 Å². The molecule has 12 atom stereocenters. The van der Waals surface area contributed by atoms with Crippen molar-refractivity contribution in [1.29, 1.82) is 0 Å². The van der Waals surface area contributed by atoms with Gasteiger partial charge in [0.2, 0.25) is 0 Å². The van der Waals surface area contributed by atoms with Crippen LogP contribution in [-0.4, -0.2) is 47.1 Å². The lowest BCUT2D eigenvalue weighted by atomic mass is 9.46. The molecule has 0 aromatic carbocycles. The quantitative estimate of drug-likeness (QED) is 0.417. The van der Waals surface area contributed by atoms with Gasteiger partial charge in [-0.3, -0.25) is 4.79 Å². The Labute approximate surface area is 206 Å². The van der Waals surface area contributed by atoms with Gasteiger partial charge in [-0.15, -0.1) is 0 Å². The molecule has 3 N–H and O–H groups in total. The zero-order valence-electron chi connectivity index (χ0n) is 21.9. The van der Waals surface area contributed by atoms with E-state index >= 15 is 0 Å². The molecule has 12 unspecified atom stereocenters. The summed E-state index contributed by atoms with van der Waals surface area (Å²) >= 11 is 0. The minimum absolute atomic E-state index is 0.00333. The molecular weight excluding hydrogens is 426 g/mol. The summed E-state index contributed by atoms with van der Waals surface area (Å²) < 4.78 is 5.58. The molecule has 1 aliphatic heterocycles. The molecule has 0 spiro atoms. The molecule has 5 heteroatoms. The Hall–Kier alpha value is -0.910. The molecule has 192 valence electrons. The summed E-state index contributed by atoms with van der Waals surface area (Å²) in [5, 5.41) is 27.0. The lowest BCUT2D eigenvalue weighted by molar-refractivity contribution is -0.153. The fraction of sp³-hybridized carbons (Fsp3) is 0.897. The number of ether oxygens (including phenoxy) is 1. The number of rotatable bonds is 3. The largest absolute Gasteiger partial charge is 0.462 e. The molecular formula is C29H47NO4. The van der Waals surface area contributed by atoms with E-state index in [1.54, 1.807) is 0 Å². The Kier molecular flexibility index (Phi) is 6.47. The van der Waals surface area contributed by atoms with Gasteiger partial charge >= 0.3 is 5.97 Å². The Morgan fingerprint density at radius 2 is 1.94 bits per heavy atom. The van der Waals surface area contributed by atoms with Crippen LogP contribution < -0.4 is 5.32 Å². The molecule has 1 heterocycles. The normalized spacial score (nSPS) is 51.5. The van der Waals surface area contributed by atoms with Gasteiger partial charge < -0.3 is 20.3 Å². The van der Waals surface area contributed by atoms with Crippen LogP contribution in [0, 0.1) is 46.3 Å². The van der Waals surface area contributed by atoms with Gasteiger partial charge in [0.1, 0.15) is 6.10 Å². The van der Waals surface area contributed by atoms with Crippen molar-refractivity contribution < 1.29 is 19.7 Å². The van der Waals surface area contributed by atoms with Crippen LogP contribution in [0.15, 0.2) is 11.6 Å². The van der Waals surface area contributed by atoms with Crippen LogP contribution >= 0.6 is 0 Å². The SMILES string of the molecule is CC(=O)OC1CCC2(C)C(=CCC3C2CC(O)C2(C)C3CC(O)C2C(C)C2CCC(C)CN2)C1. The van der Waals surface area contributed by atoms with Crippen LogP contribution in [0.3, 0.4) is 0 Å². The molecule has 1 saturated heterocycles. The van der Waals surface area contributed by atoms with Crippen LogP contribution in [0.25, 0.3) is 0 Å². The van der Waals surface area contributed by atoms with Crippen LogP contribution in [0.2, 0.25) is 0 Å². The van der Waals surface area contributed by atoms with Crippen molar-refractivity contribution in [2.24, 2.45) is 46.3 Å². The van der Waals surface area contributed by atoms with E-state index in [0.717, 1.165) is 51.0 Å². The molecule has 5 nitrogen and oxygen atoms in total. The number of hydrogen-bond acceptors (Lipinski definition) is 5. The maximum absolute atomic E-state index is 11.8. The van der Waals surface area contributed by atoms with Crippen LogP contribution in [0.5, 0.6) is 0 Å². The Morgan fingerprint density at radius 1 is 1.18 bits per heavy atom. The Balaban J connectivity index is 1.39. The predicted octanol–water partition coefficient (Wildman–Crippen LogP) is 4.46. The minimum atomic E-state index is -0.381. The third-order valence-corrected chi connectivity index (χ3v) is 11.5. The smallest absolute Gasteiger partial charge is 0.302 e. The molecule has 4 fully saturated rings. The lowest BCUT2D eigenvalue weighted by Gasteiger charge is -2.60. The van der Waals surface area contributed by atoms with Gasteiger partial charge in [-0.1, -0.05) is 39.3 Å². The van der Waals surface area contributed by atoms with E-state index in [4.69, 9.17) is 4.74 Å². The van der Waals surface area contributed by atoms with Gasteiger partial charge in [0.15, 0.2) is 0 Å². The average Bonchev–Trinajstić information content (AvgIpc) is 3.06. The first-order valence-corrected chi connectivity index (χ1v) is 14.0. The molecule has 5 rings (SSSR count). The van der Waals surface area contributed by atoms with Crippen LogP contribution in [0.4, 0.5) is 0 Å². The van der Waals surface area contributed by atoms with Crippen molar-refractivity contribution in [1.82, 2.24) is 5.32 Å². The summed E-state index contributed by atoms with van der Waals surface area (Å²) in [7, 11) is 0. The van der Waals surface area contributed by atoms with Gasteiger partial charge in [-0.05, 0) is 92.4 Å². The van der Waals surface area contributed by atoms with E-state index in [0.29, 0.717) is 29.7 Å². The van der Waals surface area contributed by atoms with Gasteiger partial charge in [0, 0.05) is 24.8 Å². The van der Waals surface area contributed by atoms with E-state index in [-0.39, 0.29) is 41.0 Å². The number of carbonyl (C=O) groups excluding carboxylic acids is 1. The lowest BCUT2D eigenvalue weighted by Crippen LogP contribution is -2.58. The molecule has 0 bridgehead atoms. The van der Waals surface area contributed by atoms with E-state index in [1.165, 1.54) is 25.3 Å². The topological polar surface area (TPSA) is 78.8 Å². The van der Waals surface area contributed by atoms with Crippen LogP contribution in [0.1, 0.15) is 86.0 Å². The average molecular weight is 474 g/mol. The van der Waals surface area contributed by atoms with Crippen molar-refractivity contribution in [2.45, 2.75) is 110 Å². The van der Waals surface area contributed by atoms with Crippen molar-refractivity contribution in [3.63, 3.8) is 0 Å². The summed E-state index contributed by atoms with van der Waals surface area (Å²) in [5.74, 6) is 2.33. The number of aliphatic hydroxyl groups excluding tert-OH is 2. The van der Waals surface area contributed by atoms with Crippen molar-refractivity contribution >= 4 is 5.97 Å². The number of carbonyl (C=O) groups is 1. The number of allylic oxidation sites excluding steroid dienone is 1. The van der Waals surface area contributed by atoms with E-state index in [9.17, 15) is 15.0 Å². The zero-order valence-corrected chi connectivity index (χ0v) is 21.9. The number of hydrogen-bond donors (Lipinski definition) is 3. The minimum Gasteiger partial charge on any atom is -0.462 e. The maximum Gasteiger partial charge on any atom is 0.302 e. The molecule has 4 aliphatic carbocycles. The highest BCUT2D eigenvalue weighted by molar-refractivity contribution is 5.66. The molecule has 0 amide bonds. The monoisotopic (exact) mass is 473 g/mol. The summed E-state index contributed by atoms with van der Waals surface area (Å²) in [6.45, 7) is 11.9. The first-order chi connectivity index (χ1) is 16.1. The fourth-order valence-electron chi connectivity index (χ4n) is 9.63. The molecule has 0 radical (unpaired) electrons. The number of aliphatic hydroxyl groups is 2. The van der Waals surface area contributed by atoms with E-state index in [1.807, 2.05) is 0 Å². The second-order valence-electron chi connectivity index (χ2n) is 13.2. The Bertz CT molecular complexity index is 819. The van der Waals surface area contributed by atoms with E-state index in [2.05, 4.69) is 39.1 Å². The van der Waals surface area contributed by atoms with Gasteiger partial charge in [0.05, 0.1) is 12.2 Å². The van der Waals surface area contributed by atoms with Gasteiger partial charge in [0.25, 0.3) is 0 Å². The van der Waals surface area contributed by atoms with Gasteiger partial charge in [-0.2, -0.15) is 0 Å². The Morgan fingerprint density at radius 3 is 2.62 bits per heavy atom. The maximum atomic E-state index is 11.8. The third-order valence-electron chi connectivity index (χ3n) is 11.5. The molecule has 3 saturated carbocycles. The standard InChI is InChI=1S/C29H47NO4/c1-16-6-9-24(30-15-16)17(2)27-25(32)13-23-21-8-7-19-12-20(34-18(3)31)10-11-28(19,4)22(21)14-26(33)29(23,27)5/h7,16-17,20-27,30,32-33H,6,8-15H2,1-5H3. The van der Waals surface area contributed by atoms with Crippen molar-refractivity contribution in [3.8, 4) is 0 Å². The van der Waals surface area contributed by atoms with Crippen LogP contribution in [-0.2, 0) is 9.53 Å². The number of piperidine rings is 1. The number of esters is 1. The molecule has 34 heavy (non-hydrogen) atoms. The summed E-state index contributed by atoms with van der Waals surface area (Å²) in [5.41, 5.74) is 1.27. The van der Waals surface area contributed by atoms with E-state index < -0.39 is 0 Å². The fourth-order valence-corrected chi connectivity index (χ4v) is 9.63. The second kappa shape index (κ2) is 8.88. The highest BCUT2D eigenvalue weighted by Crippen LogP contribution is 2.67. The summed E-state index contributed by atoms with van der Waals surface area (Å²) in [6, 6.07) is 0.434. The second-order valence-corrected chi connectivity index (χ2v) is 13.2. The third kappa shape index (κ3) is 3.80. The number of nitrogens with one attached hydrogen (secondary N) is 1. The first kappa shape index (κ1) is 24.8. The predicted molar refractivity (Wildman–Crippen MR) is 133 cm³/mol. The van der Waals surface area contributed by atoms with Crippen molar-refractivity contribution in [2.75, 3.05) is 6.54 Å². The van der Waals surface area contributed by atoms with Gasteiger partial charge in [-0.25, -0.2) is 0 Å². The molecule has 0 aromatic rings. The molecule has 5 aliphatic rings. The molecule has 0 aromatic heterocycles. The number of fused-ring (bicyclic) bond motifs is 5. The summed E-state index contributed by atoms with van der Waals surface area (Å²) in [4.78, 5) is 11.5. The summed E-state index contributed by atoms with van der Waals surface area (Å²) in [6.07, 6.45) is 9.58.